The Morgan fingerprint density at radius 1 is 0.238 bits per heavy atom. The highest BCUT2D eigenvalue weighted by Crippen LogP contribution is 2.45. The van der Waals surface area contributed by atoms with Crippen LogP contribution in [-0.2, 0) is 65.4 Å². The lowest BCUT2D eigenvalue weighted by molar-refractivity contribution is -0.161. The molecule has 0 aromatic rings. The van der Waals surface area contributed by atoms with Crippen molar-refractivity contribution >= 4 is 39.5 Å². The molecule has 101 heavy (non-hydrogen) atoms. The summed E-state index contributed by atoms with van der Waals surface area (Å²) in [6.45, 7) is 4.99. The number of phosphoric ester groups is 2. The quantitative estimate of drug-likeness (QED) is 0.0222. The SMILES string of the molecule is CCCCCCCCCCCCCCCCCCCCCCCCC(=O)O[C@H](COC(=O)CCCCCCCCCCCCCCCCCCCC)COP(=O)(O)OC[C@@H](O)COP(=O)(O)OC[C@@H](COC(=O)CCCCCCCCC)OC(=O)CCCCCCCCCCCCCCCC. The standard InChI is InChI=1S/C82H160O17P2/c1-5-9-13-17-21-24-27-30-33-35-37-38-39-40-42-44-47-50-53-57-61-65-69-82(87)99-78(73-93-80(85)67-63-59-55-51-48-46-43-41-36-34-31-28-25-22-18-14-10-6-2)75-97-101(90,91)95-71-76(83)70-94-100(88,89)96-74-77(72-92-79(84)66-62-58-54-20-16-12-8-4)98-81(86)68-64-60-56-52-49-45-32-29-26-23-19-15-11-7-3/h76-78,83H,5-75H2,1-4H3,(H,88,89)(H,90,91)/t76-,77+,78+/m0/s1. The number of hydrogen-bond acceptors (Lipinski definition) is 15. The molecule has 0 amide bonds. The normalized spacial score (nSPS) is 13.8. The number of ether oxygens (including phenoxy) is 4. The van der Waals surface area contributed by atoms with Crippen molar-refractivity contribution in [3.63, 3.8) is 0 Å². The largest absolute Gasteiger partial charge is 0.472 e. The molecule has 0 rings (SSSR count). The van der Waals surface area contributed by atoms with Gasteiger partial charge >= 0.3 is 39.5 Å². The van der Waals surface area contributed by atoms with Gasteiger partial charge in [0.05, 0.1) is 26.4 Å². The van der Waals surface area contributed by atoms with Gasteiger partial charge in [-0.25, -0.2) is 9.13 Å². The highest BCUT2D eigenvalue weighted by atomic mass is 31.2. The molecule has 0 saturated carbocycles. The van der Waals surface area contributed by atoms with Gasteiger partial charge < -0.3 is 33.8 Å². The fourth-order valence-electron chi connectivity index (χ4n) is 12.8. The van der Waals surface area contributed by atoms with Crippen molar-refractivity contribution in [1.82, 2.24) is 0 Å². The number of phosphoric acid groups is 2. The van der Waals surface area contributed by atoms with Crippen molar-refractivity contribution in [2.45, 2.75) is 463 Å². The van der Waals surface area contributed by atoms with Crippen LogP contribution >= 0.6 is 15.6 Å². The van der Waals surface area contributed by atoms with Crippen LogP contribution < -0.4 is 0 Å². The van der Waals surface area contributed by atoms with Gasteiger partial charge in [0.1, 0.15) is 19.3 Å². The van der Waals surface area contributed by atoms with Crippen LogP contribution in [0.2, 0.25) is 0 Å². The number of aliphatic hydroxyl groups excluding tert-OH is 1. The number of carbonyl (C=O) groups is 4. The van der Waals surface area contributed by atoms with Crippen LogP contribution in [0.3, 0.4) is 0 Å². The van der Waals surface area contributed by atoms with Gasteiger partial charge in [-0.3, -0.25) is 37.3 Å². The summed E-state index contributed by atoms with van der Waals surface area (Å²) >= 11 is 0. The Kier molecular flexibility index (Phi) is 74.8. The van der Waals surface area contributed by atoms with Gasteiger partial charge in [-0.1, -0.05) is 394 Å². The predicted octanol–water partition coefficient (Wildman–Crippen LogP) is 25.0. The third-order valence-electron chi connectivity index (χ3n) is 19.4. The summed E-state index contributed by atoms with van der Waals surface area (Å²) in [5, 5.41) is 10.6. The van der Waals surface area contributed by atoms with Gasteiger partial charge in [0.2, 0.25) is 0 Å². The van der Waals surface area contributed by atoms with E-state index < -0.39 is 97.5 Å². The number of aliphatic hydroxyl groups is 1. The number of unbranched alkanes of at least 4 members (excludes halogenated alkanes) is 57. The van der Waals surface area contributed by atoms with Gasteiger partial charge in [-0.15, -0.1) is 0 Å². The van der Waals surface area contributed by atoms with Gasteiger partial charge in [-0.2, -0.15) is 0 Å². The Morgan fingerprint density at radius 3 is 0.584 bits per heavy atom. The predicted molar refractivity (Wildman–Crippen MR) is 414 cm³/mol. The molecule has 19 heteroatoms. The number of rotatable bonds is 83. The second-order valence-electron chi connectivity index (χ2n) is 29.5. The molecule has 600 valence electrons. The second-order valence-corrected chi connectivity index (χ2v) is 32.4. The van der Waals surface area contributed by atoms with E-state index in [4.69, 9.17) is 37.0 Å². The lowest BCUT2D eigenvalue weighted by atomic mass is 10.0. The zero-order valence-corrected chi connectivity index (χ0v) is 67.7. The molecule has 5 atom stereocenters. The van der Waals surface area contributed by atoms with E-state index in [0.717, 1.165) is 103 Å². The molecule has 17 nitrogen and oxygen atoms in total. The van der Waals surface area contributed by atoms with E-state index in [2.05, 4.69) is 27.7 Å². The average Bonchev–Trinajstić information content (AvgIpc) is 0.959. The summed E-state index contributed by atoms with van der Waals surface area (Å²) < 4.78 is 68.6. The molecule has 0 heterocycles. The summed E-state index contributed by atoms with van der Waals surface area (Å²) in [6, 6.07) is 0. The Bertz CT molecular complexity index is 1910. The first-order chi connectivity index (χ1) is 49.2. The van der Waals surface area contributed by atoms with Crippen molar-refractivity contribution in [2.75, 3.05) is 39.6 Å². The maximum atomic E-state index is 13.1. The molecule has 3 N–H and O–H groups in total. The molecular formula is C82H160O17P2. The van der Waals surface area contributed by atoms with E-state index in [-0.39, 0.29) is 25.7 Å². The Hall–Kier alpha value is -1.94. The molecule has 0 aliphatic heterocycles. The van der Waals surface area contributed by atoms with Crippen molar-refractivity contribution < 1.29 is 80.2 Å². The Balaban J connectivity index is 5.15. The van der Waals surface area contributed by atoms with Crippen LogP contribution in [0.15, 0.2) is 0 Å². The zero-order chi connectivity index (χ0) is 73.9. The Labute approximate surface area is 619 Å². The summed E-state index contributed by atoms with van der Waals surface area (Å²) in [6.07, 6.45) is 69.7. The van der Waals surface area contributed by atoms with E-state index in [0.29, 0.717) is 25.7 Å². The minimum Gasteiger partial charge on any atom is -0.462 e. The second kappa shape index (κ2) is 76.3. The van der Waals surface area contributed by atoms with Gasteiger partial charge in [0.25, 0.3) is 0 Å². The van der Waals surface area contributed by atoms with Crippen molar-refractivity contribution in [1.29, 1.82) is 0 Å². The minimum atomic E-state index is -4.96. The summed E-state index contributed by atoms with van der Waals surface area (Å²) in [4.78, 5) is 72.9. The highest BCUT2D eigenvalue weighted by molar-refractivity contribution is 7.47. The molecule has 0 bridgehead atoms. The third kappa shape index (κ3) is 76.1. The first-order valence-corrected chi connectivity index (χ1v) is 45.8. The third-order valence-corrected chi connectivity index (χ3v) is 21.3. The molecular weight excluding hydrogens is 1320 g/mol. The average molecular weight is 1480 g/mol. The molecule has 0 aliphatic carbocycles. The van der Waals surface area contributed by atoms with Crippen LogP contribution in [0.1, 0.15) is 445 Å². The molecule has 0 aromatic heterocycles. The van der Waals surface area contributed by atoms with Crippen molar-refractivity contribution in [2.24, 2.45) is 0 Å². The molecule has 0 radical (unpaired) electrons. The van der Waals surface area contributed by atoms with Crippen LogP contribution in [0, 0.1) is 0 Å². The highest BCUT2D eigenvalue weighted by Gasteiger charge is 2.30. The van der Waals surface area contributed by atoms with Crippen LogP contribution in [0.5, 0.6) is 0 Å². The lowest BCUT2D eigenvalue weighted by Crippen LogP contribution is -2.30. The fourth-order valence-corrected chi connectivity index (χ4v) is 14.4. The van der Waals surface area contributed by atoms with Gasteiger partial charge in [0, 0.05) is 25.7 Å². The molecule has 2 unspecified atom stereocenters. The number of carbonyl (C=O) groups excluding carboxylic acids is 4. The van der Waals surface area contributed by atoms with E-state index in [1.165, 1.54) is 263 Å². The molecule has 0 fully saturated rings. The van der Waals surface area contributed by atoms with E-state index in [9.17, 15) is 43.2 Å². The first kappa shape index (κ1) is 99.1. The maximum Gasteiger partial charge on any atom is 0.472 e. The molecule has 0 spiro atoms. The van der Waals surface area contributed by atoms with Crippen LogP contribution in [-0.4, -0.2) is 96.7 Å². The fraction of sp³-hybridized carbons (Fsp3) is 0.951. The molecule has 0 saturated heterocycles. The van der Waals surface area contributed by atoms with Gasteiger partial charge in [-0.05, 0) is 25.7 Å². The number of esters is 4. The van der Waals surface area contributed by atoms with Gasteiger partial charge in [0.15, 0.2) is 12.2 Å². The van der Waals surface area contributed by atoms with E-state index in [1.807, 2.05) is 0 Å². The Morgan fingerprint density at radius 2 is 0.396 bits per heavy atom. The van der Waals surface area contributed by atoms with Crippen LogP contribution in [0.25, 0.3) is 0 Å². The van der Waals surface area contributed by atoms with Crippen molar-refractivity contribution in [3.8, 4) is 0 Å². The van der Waals surface area contributed by atoms with E-state index >= 15 is 0 Å². The minimum absolute atomic E-state index is 0.108. The lowest BCUT2D eigenvalue weighted by Gasteiger charge is -2.21. The van der Waals surface area contributed by atoms with E-state index in [1.54, 1.807) is 0 Å². The zero-order valence-electron chi connectivity index (χ0n) is 65.9. The first-order valence-electron chi connectivity index (χ1n) is 42.8. The summed E-state index contributed by atoms with van der Waals surface area (Å²) in [5.41, 5.74) is 0. The van der Waals surface area contributed by atoms with Crippen LogP contribution in [0.4, 0.5) is 0 Å². The maximum absolute atomic E-state index is 13.1. The molecule has 0 aliphatic rings. The topological polar surface area (TPSA) is 237 Å². The summed E-state index contributed by atoms with van der Waals surface area (Å²) in [5.74, 6) is -2.11. The summed E-state index contributed by atoms with van der Waals surface area (Å²) in [7, 11) is -9.91. The monoisotopic (exact) mass is 1480 g/mol. The van der Waals surface area contributed by atoms with Crippen molar-refractivity contribution in [3.05, 3.63) is 0 Å². The number of hydrogen-bond donors (Lipinski definition) is 3. The smallest absolute Gasteiger partial charge is 0.462 e. The molecule has 0 aromatic carbocycles.